The molecule has 0 aliphatic carbocycles. The largest absolute Gasteiger partial charge is 0.305 e. The van der Waals surface area contributed by atoms with Gasteiger partial charge in [-0.15, -0.1) is 6.42 Å². The third-order valence-electron chi connectivity index (χ3n) is 4.16. The first-order valence-corrected chi connectivity index (χ1v) is 8.83. The van der Waals surface area contributed by atoms with Gasteiger partial charge in [0.2, 0.25) is 0 Å². The van der Waals surface area contributed by atoms with Crippen LogP contribution in [0, 0.1) is 40.0 Å². The Labute approximate surface area is 150 Å². The molecular weight excluding hydrogens is 332 g/mol. The Balaban J connectivity index is 2.05. The molecule has 0 spiro atoms. The van der Waals surface area contributed by atoms with Crippen LogP contribution < -0.4 is 4.80 Å². The summed E-state index contributed by atoms with van der Waals surface area (Å²) >= 11 is 1.49. The lowest BCUT2D eigenvalue weighted by Crippen LogP contribution is -2.19. The molecule has 0 fully saturated rings. The van der Waals surface area contributed by atoms with Crippen molar-refractivity contribution in [1.29, 1.82) is 0 Å². The number of aryl methyl sites for hydroxylation is 4. The molecule has 0 saturated heterocycles. The highest BCUT2D eigenvalue weighted by Gasteiger charge is 2.10. The average molecular weight is 352 g/mol. The van der Waals surface area contributed by atoms with E-state index < -0.39 is 0 Å². The number of hydrogen-bond donors (Lipinski definition) is 0. The van der Waals surface area contributed by atoms with Crippen LogP contribution in [-0.2, 0) is 17.9 Å². The van der Waals surface area contributed by atoms with E-state index in [1.165, 1.54) is 22.5 Å². The van der Waals surface area contributed by atoms with Gasteiger partial charge >= 0.3 is 0 Å². The van der Waals surface area contributed by atoms with E-state index in [1.54, 1.807) is 4.68 Å². The average Bonchev–Trinajstić information content (AvgIpc) is 3.01. The maximum absolute atomic E-state index is 12.4. The van der Waals surface area contributed by atoms with E-state index in [2.05, 4.69) is 42.0 Å². The van der Waals surface area contributed by atoms with Gasteiger partial charge in [0, 0.05) is 5.69 Å². The highest BCUT2D eigenvalue weighted by Crippen LogP contribution is 2.21. The Morgan fingerprint density at radius 3 is 2.60 bits per heavy atom. The lowest BCUT2D eigenvalue weighted by molar-refractivity contribution is -0.118. The first-order chi connectivity index (χ1) is 11.9. The maximum Gasteiger partial charge on any atom is 0.270 e. The lowest BCUT2D eigenvalue weighted by Gasteiger charge is -2.03. The number of terminal acetylenes is 1. The molecule has 0 aliphatic heterocycles. The number of rotatable bonds is 3. The molecule has 0 N–H and O–H groups in total. The normalized spacial score (nSPS) is 11.9. The summed E-state index contributed by atoms with van der Waals surface area (Å²) in [7, 11) is 0. The number of nitrogens with zero attached hydrogens (tertiary/aromatic N) is 4. The van der Waals surface area contributed by atoms with Crippen LogP contribution in [0.15, 0.2) is 23.2 Å². The van der Waals surface area contributed by atoms with Gasteiger partial charge in [0.1, 0.15) is 6.54 Å². The first-order valence-electron chi connectivity index (χ1n) is 8.01. The zero-order valence-corrected chi connectivity index (χ0v) is 15.6. The van der Waals surface area contributed by atoms with E-state index in [9.17, 15) is 4.79 Å². The summed E-state index contributed by atoms with van der Waals surface area (Å²) in [4.78, 5) is 17.4. The van der Waals surface area contributed by atoms with Crippen LogP contribution in [0.2, 0.25) is 0 Å². The highest BCUT2D eigenvalue weighted by molar-refractivity contribution is 7.16. The molecule has 3 aromatic rings. The summed E-state index contributed by atoms with van der Waals surface area (Å²) in [6.07, 6.45) is 5.52. The number of aromatic nitrogens is 3. The van der Waals surface area contributed by atoms with E-state index in [4.69, 9.17) is 6.42 Å². The molecule has 5 nitrogen and oxygen atoms in total. The number of thiazole rings is 1. The van der Waals surface area contributed by atoms with Gasteiger partial charge in [-0.05, 0) is 57.0 Å². The van der Waals surface area contributed by atoms with Crippen LogP contribution in [0.3, 0.4) is 0 Å². The number of carbonyl (C=O) groups excluding carboxylic acids is 1. The van der Waals surface area contributed by atoms with Crippen molar-refractivity contribution in [3.63, 3.8) is 0 Å². The lowest BCUT2D eigenvalue weighted by atomic mass is 10.1. The van der Waals surface area contributed by atoms with Crippen LogP contribution in [0.5, 0.6) is 0 Å². The second kappa shape index (κ2) is 6.69. The predicted molar refractivity (Wildman–Crippen MR) is 100 cm³/mol. The van der Waals surface area contributed by atoms with Gasteiger partial charge in [0.05, 0.1) is 22.5 Å². The smallest absolute Gasteiger partial charge is 0.270 e. The van der Waals surface area contributed by atoms with Gasteiger partial charge in [0.25, 0.3) is 5.91 Å². The third-order valence-corrected chi connectivity index (χ3v) is 5.20. The Morgan fingerprint density at radius 2 is 1.96 bits per heavy atom. The van der Waals surface area contributed by atoms with Crippen molar-refractivity contribution in [2.45, 2.75) is 40.8 Å². The number of carbonyl (C=O) groups is 1. The fourth-order valence-corrected chi connectivity index (χ4v) is 3.88. The van der Waals surface area contributed by atoms with E-state index >= 15 is 0 Å². The fourth-order valence-electron chi connectivity index (χ4n) is 2.76. The molecule has 0 aliphatic rings. The van der Waals surface area contributed by atoms with Crippen LogP contribution in [0.4, 0.5) is 0 Å². The summed E-state index contributed by atoms with van der Waals surface area (Å²) in [5.41, 5.74) is 5.25. The van der Waals surface area contributed by atoms with Crippen LogP contribution in [-0.4, -0.2) is 20.3 Å². The van der Waals surface area contributed by atoms with E-state index in [0.717, 1.165) is 21.6 Å². The fraction of sp³-hybridized carbons (Fsp3) is 0.316. The molecule has 2 aromatic heterocycles. The zero-order chi connectivity index (χ0) is 18.1. The molecule has 128 valence electrons. The van der Waals surface area contributed by atoms with Crippen molar-refractivity contribution in [3.05, 3.63) is 45.5 Å². The summed E-state index contributed by atoms with van der Waals surface area (Å²) < 4.78 is 4.68. The summed E-state index contributed by atoms with van der Waals surface area (Å²) in [5, 5.41) is 4.32. The standard InChI is InChI=1S/C19H20N4OS/c1-6-7-22-16-8-12(2)13(3)9-17(16)25-19(22)20-18(24)11-23-15(5)10-14(4)21-23/h1,8-10H,7,11H2,2-5H3. The van der Waals surface area contributed by atoms with Crippen LogP contribution in [0.1, 0.15) is 22.5 Å². The molecule has 0 bridgehead atoms. The summed E-state index contributed by atoms with van der Waals surface area (Å²) in [5.74, 6) is 2.41. The van der Waals surface area contributed by atoms with Crippen molar-refractivity contribution >= 4 is 27.5 Å². The van der Waals surface area contributed by atoms with Gasteiger partial charge in [-0.25, -0.2) is 0 Å². The minimum absolute atomic E-state index is 0.127. The van der Waals surface area contributed by atoms with E-state index in [-0.39, 0.29) is 12.5 Å². The second-order valence-corrected chi connectivity index (χ2v) is 7.18. The third kappa shape index (κ3) is 3.42. The molecule has 3 rings (SSSR count). The van der Waals surface area contributed by atoms with Gasteiger partial charge in [-0.3, -0.25) is 9.48 Å². The van der Waals surface area contributed by atoms with Crippen molar-refractivity contribution in [2.75, 3.05) is 0 Å². The van der Waals surface area contributed by atoms with Crippen LogP contribution >= 0.6 is 11.3 Å². The second-order valence-electron chi connectivity index (χ2n) is 6.17. The van der Waals surface area contributed by atoms with Crippen molar-refractivity contribution in [3.8, 4) is 12.3 Å². The van der Waals surface area contributed by atoms with Gasteiger partial charge in [-0.2, -0.15) is 10.1 Å². The molecule has 6 heteroatoms. The molecule has 0 saturated carbocycles. The van der Waals surface area contributed by atoms with Crippen molar-refractivity contribution < 1.29 is 4.79 Å². The Kier molecular flexibility index (Phi) is 4.60. The van der Waals surface area contributed by atoms with Crippen LogP contribution in [0.25, 0.3) is 10.2 Å². The minimum Gasteiger partial charge on any atom is -0.305 e. The van der Waals surface area contributed by atoms with Gasteiger partial charge < -0.3 is 4.57 Å². The minimum atomic E-state index is -0.239. The topological polar surface area (TPSA) is 52.2 Å². The number of amides is 1. The van der Waals surface area contributed by atoms with Gasteiger partial charge in [-0.1, -0.05) is 17.3 Å². The molecule has 0 radical (unpaired) electrons. The summed E-state index contributed by atoms with van der Waals surface area (Å²) in [6, 6.07) is 6.16. The van der Waals surface area contributed by atoms with Crippen molar-refractivity contribution in [2.24, 2.45) is 4.99 Å². The van der Waals surface area contributed by atoms with E-state index in [1.807, 2.05) is 24.5 Å². The Morgan fingerprint density at radius 1 is 1.24 bits per heavy atom. The molecule has 2 heterocycles. The molecule has 1 aromatic carbocycles. The Hall–Kier alpha value is -2.65. The highest BCUT2D eigenvalue weighted by atomic mass is 32.1. The first kappa shape index (κ1) is 17.2. The maximum atomic E-state index is 12.4. The summed E-state index contributed by atoms with van der Waals surface area (Å²) in [6.45, 7) is 8.48. The molecule has 25 heavy (non-hydrogen) atoms. The zero-order valence-electron chi connectivity index (χ0n) is 14.8. The Bertz CT molecular complexity index is 1080. The SMILES string of the molecule is C#CCn1c(=NC(=O)Cn2nc(C)cc2C)sc2cc(C)c(C)cc21. The number of fused-ring (bicyclic) bond motifs is 1. The number of benzene rings is 1. The molecule has 0 atom stereocenters. The van der Waals surface area contributed by atoms with Gasteiger partial charge in [0.15, 0.2) is 4.80 Å². The molecular formula is C19H20N4OS. The monoisotopic (exact) mass is 352 g/mol. The van der Waals surface area contributed by atoms with E-state index in [0.29, 0.717) is 11.3 Å². The molecule has 1 amide bonds. The molecule has 0 unspecified atom stereocenters. The van der Waals surface area contributed by atoms with Crippen molar-refractivity contribution in [1.82, 2.24) is 14.3 Å². The number of hydrogen-bond acceptors (Lipinski definition) is 3. The predicted octanol–water partition coefficient (Wildman–Crippen LogP) is 2.89. The quantitative estimate of drug-likeness (QED) is 0.681.